The topological polar surface area (TPSA) is 26.7 Å². The van der Waals surface area contributed by atoms with E-state index in [2.05, 4.69) is 16.7 Å². The minimum atomic E-state index is -0.123. The minimum Gasteiger partial charge on any atom is -0.392 e. The number of hydrogen-bond acceptors (Lipinski definition) is 3. The van der Waals surface area contributed by atoms with Crippen LogP contribution in [-0.2, 0) is 0 Å². The van der Waals surface area contributed by atoms with Crippen molar-refractivity contribution in [1.82, 2.24) is 9.80 Å². The first-order chi connectivity index (χ1) is 7.29. The molecular weight excluding hydrogens is 188 g/mol. The van der Waals surface area contributed by atoms with Gasteiger partial charge in [0.25, 0.3) is 0 Å². The molecule has 88 valence electrons. The Morgan fingerprint density at radius 2 is 2.00 bits per heavy atom. The molecule has 0 saturated carbocycles. The molecular formula is C12H24N2O. The highest BCUT2D eigenvalue weighted by molar-refractivity contribution is 4.86. The highest BCUT2D eigenvalue weighted by Crippen LogP contribution is 2.20. The Balaban J connectivity index is 1.74. The van der Waals surface area contributed by atoms with E-state index >= 15 is 0 Å². The minimum absolute atomic E-state index is 0.123. The maximum absolute atomic E-state index is 9.61. The Labute approximate surface area is 93.1 Å². The Morgan fingerprint density at radius 3 is 2.67 bits per heavy atom. The summed E-state index contributed by atoms with van der Waals surface area (Å²) in [6, 6.07) is 0.775. The molecule has 0 spiro atoms. The maximum atomic E-state index is 9.61. The zero-order valence-electron chi connectivity index (χ0n) is 9.86. The molecule has 15 heavy (non-hydrogen) atoms. The normalized spacial score (nSPS) is 31.2. The molecule has 2 heterocycles. The van der Waals surface area contributed by atoms with E-state index in [1.54, 1.807) is 0 Å². The summed E-state index contributed by atoms with van der Waals surface area (Å²) in [6.07, 6.45) is 4.83. The summed E-state index contributed by atoms with van der Waals surface area (Å²) >= 11 is 0. The lowest BCUT2D eigenvalue weighted by Gasteiger charge is -2.24. The van der Waals surface area contributed by atoms with Gasteiger partial charge in [-0.2, -0.15) is 0 Å². The second-order valence-electron chi connectivity index (χ2n) is 5.01. The summed E-state index contributed by atoms with van der Waals surface area (Å²) in [7, 11) is 0. The molecule has 3 heteroatoms. The smallest absolute Gasteiger partial charge is 0.0664 e. The van der Waals surface area contributed by atoms with Gasteiger partial charge in [0.05, 0.1) is 6.10 Å². The summed E-state index contributed by atoms with van der Waals surface area (Å²) < 4.78 is 0. The van der Waals surface area contributed by atoms with Gasteiger partial charge in [-0.15, -0.1) is 0 Å². The van der Waals surface area contributed by atoms with Gasteiger partial charge in [-0.05, 0) is 45.3 Å². The van der Waals surface area contributed by atoms with E-state index in [9.17, 15) is 5.11 Å². The molecule has 0 radical (unpaired) electrons. The van der Waals surface area contributed by atoms with Crippen LogP contribution in [0.5, 0.6) is 0 Å². The third-order valence-corrected chi connectivity index (χ3v) is 3.84. The molecule has 3 nitrogen and oxygen atoms in total. The van der Waals surface area contributed by atoms with Crippen LogP contribution >= 0.6 is 0 Å². The van der Waals surface area contributed by atoms with Crippen LogP contribution in [0.2, 0.25) is 0 Å². The van der Waals surface area contributed by atoms with Crippen molar-refractivity contribution in [3.63, 3.8) is 0 Å². The summed E-state index contributed by atoms with van der Waals surface area (Å²) in [6.45, 7) is 7.89. The van der Waals surface area contributed by atoms with Gasteiger partial charge >= 0.3 is 0 Å². The third-order valence-electron chi connectivity index (χ3n) is 3.84. The van der Waals surface area contributed by atoms with E-state index in [1.807, 2.05) is 0 Å². The number of rotatable bonds is 4. The van der Waals surface area contributed by atoms with Crippen molar-refractivity contribution in [3.8, 4) is 0 Å². The molecule has 0 aliphatic carbocycles. The summed E-state index contributed by atoms with van der Waals surface area (Å²) in [5, 5.41) is 9.61. The monoisotopic (exact) mass is 212 g/mol. The molecule has 0 aromatic heterocycles. The van der Waals surface area contributed by atoms with Crippen molar-refractivity contribution in [3.05, 3.63) is 0 Å². The van der Waals surface area contributed by atoms with Crippen LogP contribution in [0.3, 0.4) is 0 Å². The van der Waals surface area contributed by atoms with Crippen LogP contribution in [0.15, 0.2) is 0 Å². The van der Waals surface area contributed by atoms with Gasteiger partial charge in [-0.1, -0.05) is 6.92 Å². The quantitative estimate of drug-likeness (QED) is 0.751. The van der Waals surface area contributed by atoms with Crippen molar-refractivity contribution in [2.24, 2.45) is 0 Å². The standard InChI is InChI=1S/C12H24N2O/c1-2-12(15)10-13-8-5-11(9-13)14-6-3-4-7-14/h11-12,15H,2-10H2,1H3/t11?,12-/m1/s1. The SMILES string of the molecule is CC[C@@H](O)CN1CCC(N2CCCC2)C1. The van der Waals surface area contributed by atoms with Gasteiger partial charge in [0.2, 0.25) is 0 Å². The number of likely N-dealkylation sites (tertiary alicyclic amines) is 2. The fourth-order valence-corrected chi connectivity index (χ4v) is 2.81. The molecule has 2 aliphatic rings. The number of β-amino-alcohol motifs (C(OH)–C–C–N with tert-alkyl or cyclic N) is 1. The van der Waals surface area contributed by atoms with Gasteiger partial charge in [0, 0.05) is 19.1 Å². The molecule has 2 rings (SSSR count). The number of aliphatic hydroxyl groups is 1. The average Bonchev–Trinajstić information content (AvgIpc) is 2.85. The molecule has 2 fully saturated rings. The largest absolute Gasteiger partial charge is 0.392 e. The zero-order chi connectivity index (χ0) is 10.7. The van der Waals surface area contributed by atoms with Crippen molar-refractivity contribution in [2.75, 3.05) is 32.7 Å². The van der Waals surface area contributed by atoms with Crippen molar-refractivity contribution in [1.29, 1.82) is 0 Å². The van der Waals surface area contributed by atoms with Crippen LogP contribution in [0.25, 0.3) is 0 Å². The first kappa shape index (κ1) is 11.4. The van der Waals surface area contributed by atoms with Gasteiger partial charge < -0.3 is 5.11 Å². The third kappa shape index (κ3) is 2.92. The van der Waals surface area contributed by atoms with Crippen molar-refractivity contribution >= 4 is 0 Å². The van der Waals surface area contributed by atoms with Crippen molar-refractivity contribution < 1.29 is 5.11 Å². The van der Waals surface area contributed by atoms with E-state index < -0.39 is 0 Å². The lowest BCUT2D eigenvalue weighted by atomic mass is 10.2. The van der Waals surface area contributed by atoms with Crippen LogP contribution in [0.1, 0.15) is 32.6 Å². The lowest BCUT2D eigenvalue weighted by Crippen LogP contribution is -2.37. The van der Waals surface area contributed by atoms with E-state index in [-0.39, 0.29) is 6.10 Å². The zero-order valence-corrected chi connectivity index (χ0v) is 9.86. The van der Waals surface area contributed by atoms with E-state index in [0.717, 1.165) is 19.0 Å². The Hall–Kier alpha value is -0.120. The predicted molar refractivity (Wildman–Crippen MR) is 61.9 cm³/mol. The van der Waals surface area contributed by atoms with Crippen LogP contribution in [0, 0.1) is 0 Å². The van der Waals surface area contributed by atoms with E-state index in [0.29, 0.717) is 0 Å². The summed E-state index contributed by atoms with van der Waals surface area (Å²) in [4.78, 5) is 5.06. The van der Waals surface area contributed by atoms with E-state index in [1.165, 1.54) is 45.4 Å². The summed E-state index contributed by atoms with van der Waals surface area (Å²) in [5.74, 6) is 0. The first-order valence-electron chi connectivity index (χ1n) is 6.44. The number of hydrogen-bond donors (Lipinski definition) is 1. The van der Waals surface area contributed by atoms with Crippen LogP contribution in [0.4, 0.5) is 0 Å². The van der Waals surface area contributed by atoms with Gasteiger partial charge in [0.15, 0.2) is 0 Å². The molecule has 0 aromatic rings. The fraction of sp³-hybridized carbons (Fsp3) is 1.00. The second kappa shape index (κ2) is 5.28. The Bertz CT molecular complexity index is 192. The predicted octanol–water partition coefficient (Wildman–Crippen LogP) is 0.927. The molecule has 2 atom stereocenters. The Kier molecular flexibility index (Phi) is 4.00. The molecule has 1 unspecified atom stereocenters. The number of aliphatic hydroxyl groups excluding tert-OH is 1. The van der Waals surface area contributed by atoms with Gasteiger partial charge in [0.1, 0.15) is 0 Å². The van der Waals surface area contributed by atoms with Gasteiger partial charge in [-0.3, -0.25) is 9.80 Å². The molecule has 0 amide bonds. The molecule has 2 saturated heterocycles. The Morgan fingerprint density at radius 1 is 1.27 bits per heavy atom. The maximum Gasteiger partial charge on any atom is 0.0664 e. The highest BCUT2D eigenvalue weighted by atomic mass is 16.3. The molecule has 0 aromatic carbocycles. The fourth-order valence-electron chi connectivity index (χ4n) is 2.81. The molecule has 1 N–H and O–H groups in total. The first-order valence-corrected chi connectivity index (χ1v) is 6.44. The van der Waals surface area contributed by atoms with Gasteiger partial charge in [-0.25, -0.2) is 0 Å². The number of nitrogens with zero attached hydrogens (tertiary/aromatic N) is 2. The van der Waals surface area contributed by atoms with Crippen LogP contribution in [-0.4, -0.2) is 59.8 Å². The highest BCUT2D eigenvalue weighted by Gasteiger charge is 2.29. The summed E-state index contributed by atoms with van der Waals surface area (Å²) in [5.41, 5.74) is 0. The van der Waals surface area contributed by atoms with E-state index in [4.69, 9.17) is 0 Å². The van der Waals surface area contributed by atoms with Crippen LogP contribution < -0.4 is 0 Å². The molecule has 0 bridgehead atoms. The average molecular weight is 212 g/mol. The lowest BCUT2D eigenvalue weighted by molar-refractivity contribution is 0.116. The molecule has 2 aliphatic heterocycles. The second-order valence-corrected chi connectivity index (χ2v) is 5.01. The van der Waals surface area contributed by atoms with Crippen molar-refractivity contribution in [2.45, 2.75) is 44.8 Å².